The highest BCUT2D eigenvalue weighted by atomic mass is 16.5. The standard InChI is InChI=1S/C22H25NO3/c1-4-15-5-7-16(8-6-15)9-10-17-11-12-18-19(13-17)26-14-22(2,3)20(18)23-21(24)25/h5-13,20,23H,4,14H2,1-3H3,(H,24,25)/b10-9+. The van der Waals surface area contributed by atoms with E-state index in [-0.39, 0.29) is 11.5 Å². The van der Waals surface area contributed by atoms with Gasteiger partial charge in [-0.1, -0.05) is 69.3 Å². The zero-order valence-corrected chi connectivity index (χ0v) is 15.5. The first-order valence-corrected chi connectivity index (χ1v) is 8.92. The van der Waals surface area contributed by atoms with Crippen LogP contribution in [0, 0.1) is 5.41 Å². The van der Waals surface area contributed by atoms with Crippen molar-refractivity contribution in [1.82, 2.24) is 5.32 Å². The van der Waals surface area contributed by atoms with Crippen molar-refractivity contribution >= 4 is 18.2 Å². The van der Waals surface area contributed by atoms with Crippen molar-refractivity contribution in [2.24, 2.45) is 5.41 Å². The molecular weight excluding hydrogens is 326 g/mol. The molecule has 136 valence electrons. The van der Waals surface area contributed by atoms with E-state index >= 15 is 0 Å². The summed E-state index contributed by atoms with van der Waals surface area (Å²) in [7, 11) is 0. The Morgan fingerprint density at radius 2 is 1.85 bits per heavy atom. The van der Waals surface area contributed by atoms with E-state index < -0.39 is 6.09 Å². The highest BCUT2D eigenvalue weighted by Gasteiger charge is 2.38. The van der Waals surface area contributed by atoms with E-state index in [2.05, 4.69) is 42.6 Å². The number of carboxylic acid groups (broad SMARTS) is 1. The lowest BCUT2D eigenvalue weighted by atomic mass is 9.79. The molecule has 0 aliphatic carbocycles. The summed E-state index contributed by atoms with van der Waals surface area (Å²) >= 11 is 0. The van der Waals surface area contributed by atoms with Gasteiger partial charge in [0.25, 0.3) is 0 Å². The third-order valence-electron chi connectivity index (χ3n) is 4.85. The van der Waals surface area contributed by atoms with Crippen molar-refractivity contribution < 1.29 is 14.6 Å². The van der Waals surface area contributed by atoms with Crippen molar-refractivity contribution in [3.05, 3.63) is 64.7 Å². The fourth-order valence-electron chi connectivity index (χ4n) is 3.24. The van der Waals surface area contributed by atoms with E-state index in [0.29, 0.717) is 6.61 Å². The minimum atomic E-state index is -1.02. The quantitative estimate of drug-likeness (QED) is 0.749. The van der Waals surface area contributed by atoms with Gasteiger partial charge in [-0.05, 0) is 29.2 Å². The summed E-state index contributed by atoms with van der Waals surface area (Å²) in [5, 5.41) is 11.8. The van der Waals surface area contributed by atoms with Crippen molar-refractivity contribution in [3.8, 4) is 5.75 Å². The second-order valence-electron chi connectivity index (χ2n) is 7.39. The minimum Gasteiger partial charge on any atom is -0.493 e. The maximum absolute atomic E-state index is 11.2. The van der Waals surface area contributed by atoms with Gasteiger partial charge in [0.1, 0.15) is 5.75 Å². The van der Waals surface area contributed by atoms with Gasteiger partial charge < -0.3 is 15.2 Å². The molecule has 0 fully saturated rings. The van der Waals surface area contributed by atoms with E-state index in [9.17, 15) is 4.79 Å². The summed E-state index contributed by atoms with van der Waals surface area (Å²) in [4.78, 5) is 11.2. The molecule has 0 saturated heterocycles. The SMILES string of the molecule is CCc1ccc(/C=C/c2ccc3c(c2)OCC(C)(C)C3NC(=O)O)cc1. The third kappa shape index (κ3) is 3.90. The number of hydrogen-bond acceptors (Lipinski definition) is 2. The fraction of sp³-hybridized carbons (Fsp3) is 0.318. The molecule has 2 aromatic carbocycles. The zero-order chi connectivity index (χ0) is 18.7. The van der Waals surface area contributed by atoms with Crippen LogP contribution in [0.4, 0.5) is 4.79 Å². The summed E-state index contributed by atoms with van der Waals surface area (Å²) in [5.41, 5.74) is 4.07. The van der Waals surface area contributed by atoms with E-state index in [1.165, 1.54) is 5.56 Å². The minimum absolute atomic E-state index is 0.289. The number of carbonyl (C=O) groups is 1. The van der Waals surface area contributed by atoms with Crippen LogP contribution in [0.15, 0.2) is 42.5 Å². The molecule has 0 bridgehead atoms. The number of ether oxygens (including phenoxy) is 1. The van der Waals surface area contributed by atoms with Crippen LogP contribution in [0.5, 0.6) is 5.75 Å². The summed E-state index contributed by atoms with van der Waals surface area (Å²) in [6.45, 7) is 6.62. The van der Waals surface area contributed by atoms with E-state index in [4.69, 9.17) is 9.84 Å². The Kier molecular flexibility index (Phi) is 5.03. The van der Waals surface area contributed by atoms with Crippen molar-refractivity contribution in [3.63, 3.8) is 0 Å². The predicted molar refractivity (Wildman–Crippen MR) is 104 cm³/mol. The number of benzene rings is 2. The van der Waals surface area contributed by atoms with Crippen molar-refractivity contribution in [2.75, 3.05) is 6.61 Å². The maximum Gasteiger partial charge on any atom is 0.405 e. The largest absolute Gasteiger partial charge is 0.493 e. The van der Waals surface area contributed by atoms with Crippen LogP contribution in [0.2, 0.25) is 0 Å². The first-order valence-electron chi connectivity index (χ1n) is 8.92. The van der Waals surface area contributed by atoms with Crippen LogP contribution in [0.1, 0.15) is 49.1 Å². The van der Waals surface area contributed by atoms with Crippen molar-refractivity contribution in [1.29, 1.82) is 0 Å². The van der Waals surface area contributed by atoms with Gasteiger partial charge in [0.05, 0.1) is 12.6 Å². The van der Waals surface area contributed by atoms with Gasteiger partial charge in [0, 0.05) is 11.0 Å². The zero-order valence-electron chi connectivity index (χ0n) is 15.5. The lowest BCUT2D eigenvalue weighted by Gasteiger charge is -2.39. The highest BCUT2D eigenvalue weighted by molar-refractivity contribution is 5.71. The molecule has 0 spiro atoms. The topological polar surface area (TPSA) is 58.6 Å². The Morgan fingerprint density at radius 3 is 2.50 bits per heavy atom. The number of aryl methyl sites for hydroxylation is 1. The van der Waals surface area contributed by atoms with E-state index in [1.807, 2.05) is 38.1 Å². The van der Waals surface area contributed by atoms with Gasteiger partial charge in [0.2, 0.25) is 0 Å². The molecule has 1 aliphatic rings. The summed E-state index contributed by atoms with van der Waals surface area (Å²) in [6, 6.07) is 14.1. The molecule has 1 amide bonds. The highest BCUT2D eigenvalue weighted by Crippen LogP contribution is 2.43. The molecule has 2 aromatic rings. The molecule has 3 rings (SSSR count). The Balaban J connectivity index is 1.84. The van der Waals surface area contributed by atoms with Gasteiger partial charge in [-0.3, -0.25) is 0 Å². The smallest absolute Gasteiger partial charge is 0.405 e. The molecule has 0 aromatic heterocycles. The van der Waals surface area contributed by atoms with Gasteiger partial charge in [0.15, 0.2) is 0 Å². The lowest BCUT2D eigenvalue weighted by Crippen LogP contribution is -2.43. The normalized spacial score (nSPS) is 18.2. The Labute approximate surface area is 154 Å². The van der Waals surface area contributed by atoms with Gasteiger partial charge in [-0.25, -0.2) is 4.79 Å². The van der Waals surface area contributed by atoms with Crippen LogP contribution >= 0.6 is 0 Å². The number of rotatable bonds is 4. The molecule has 1 aliphatic heterocycles. The molecule has 0 radical (unpaired) electrons. The van der Waals surface area contributed by atoms with E-state index in [1.54, 1.807) is 0 Å². The third-order valence-corrected chi connectivity index (χ3v) is 4.85. The second kappa shape index (κ2) is 7.24. The Hall–Kier alpha value is -2.75. The van der Waals surface area contributed by atoms with Crippen LogP contribution in [0.25, 0.3) is 12.2 Å². The average Bonchev–Trinajstić information content (AvgIpc) is 2.62. The number of fused-ring (bicyclic) bond motifs is 1. The molecule has 1 unspecified atom stereocenters. The number of hydrogen-bond donors (Lipinski definition) is 2. The number of nitrogens with one attached hydrogen (secondary N) is 1. The van der Waals surface area contributed by atoms with Gasteiger partial charge in [-0.2, -0.15) is 0 Å². The molecule has 0 saturated carbocycles. The van der Waals surface area contributed by atoms with Crippen molar-refractivity contribution in [2.45, 2.75) is 33.2 Å². The summed E-state index contributed by atoms with van der Waals surface area (Å²) in [5.74, 6) is 0.742. The summed E-state index contributed by atoms with van der Waals surface area (Å²) in [6.07, 6.45) is 4.13. The molecule has 1 heterocycles. The lowest BCUT2D eigenvalue weighted by molar-refractivity contribution is 0.0995. The molecule has 1 atom stereocenters. The molecule has 26 heavy (non-hydrogen) atoms. The van der Waals surface area contributed by atoms with Crippen LogP contribution < -0.4 is 10.1 Å². The van der Waals surface area contributed by atoms with E-state index in [0.717, 1.165) is 28.9 Å². The summed E-state index contributed by atoms with van der Waals surface area (Å²) < 4.78 is 5.91. The Morgan fingerprint density at radius 1 is 1.19 bits per heavy atom. The molecular formula is C22H25NO3. The van der Waals surface area contributed by atoms with Gasteiger partial charge >= 0.3 is 6.09 Å². The van der Waals surface area contributed by atoms with Crippen LogP contribution in [0.3, 0.4) is 0 Å². The average molecular weight is 351 g/mol. The predicted octanol–water partition coefficient (Wildman–Crippen LogP) is 5.15. The monoisotopic (exact) mass is 351 g/mol. The number of amides is 1. The van der Waals surface area contributed by atoms with Crippen LogP contribution in [-0.4, -0.2) is 17.8 Å². The van der Waals surface area contributed by atoms with Crippen LogP contribution in [-0.2, 0) is 6.42 Å². The first kappa shape index (κ1) is 18.1. The van der Waals surface area contributed by atoms with Gasteiger partial charge in [-0.15, -0.1) is 0 Å². The Bertz CT molecular complexity index is 822. The molecule has 4 heteroatoms. The fourth-order valence-corrected chi connectivity index (χ4v) is 3.24. The first-order chi connectivity index (χ1) is 12.4. The second-order valence-corrected chi connectivity index (χ2v) is 7.39. The molecule has 4 nitrogen and oxygen atoms in total. The molecule has 2 N–H and O–H groups in total. The maximum atomic E-state index is 11.2.